The number of hydrogen-bond acceptors (Lipinski definition) is 6. The first-order valence-electron chi connectivity index (χ1n) is 11.0. The molecule has 2 fully saturated rings. The van der Waals surface area contributed by atoms with Crippen molar-refractivity contribution in [2.24, 2.45) is 10.4 Å². The minimum atomic E-state index is 0.338. The molecule has 1 saturated carbocycles. The van der Waals surface area contributed by atoms with Crippen molar-refractivity contribution in [1.29, 1.82) is 0 Å². The molecule has 2 N–H and O–H groups in total. The number of morpholine rings is 1. The summed E-state index contributed by atoms with van der Waals surface area (Å²) in [6, 6.07) is 0. The number of aliphatic imine (C=N–C) groups is 1. The van der Waals surface area contributed by atoms with E-state index in [9.17, 15) is 0 Å². The lowest BCUT2D eigenvalue weighted by Gasteiger charge is -2.42. The van der Waals surface area contributed by atoms with Crippen molar-refractivity contribution >= 4 is 22.4 Å². The number of guanidine groups is 1. The summed E-state index contributed by atoms with van der Waals surface area (Å²) < 4.78 is 5.55. The van der Waals surface area contributed by atoms with Crippen LogP contribution in [0.2, 0.25) is 0 Å². The predicted octanol–water partition coefficient (Wildman–Crippen LogP) is 2.55. The third-order valence-corrected chi connectivity index (χ3v) is 6.93. The maximum atomic E-state index is 5.55. The zero-order valence-corrected chi connectivity index (χ0v) is 19.2. The number of rotatable bonds is 8. The minimum absolute atomic E-state index is 0.338. The SMILES string of the molecule is CCNC(=NCc1csc(N(C)C)n1)NCC1(CN2CCOCC2)CCCCC1. The van der Waals surface area contributed by atoms with Gasteiger partial charge >= 0.3 is 0 Å². The Balaban J connectivity index is 1.60. The third kappa shape index (κ3) is 6.83. The Morgan fingerprint density at radius 1 is 1.24 bits per heavy atom. The van der Waals surface area contributed by atoms with Crippen LogP contribution in [0.25, 0.3) is 0 Å². The summed E-state index contributed by atoms with van der Waals surface area (Å²) in [5.74, 6) is 0.902. The van der Waals surface area contributed by atoms with Crippen LogP contribution in [-0.4, -0.2) is 75.9 Å². The highest BCUT2D eigenvalue weighted by atomic mass is 32.1. The van der Waals surface area contributed by atoms with Gasteiger partial charge in [0.2, 0.25) is 0 Å². The van der Waals surface area contributed by atoms with E-state index in [1.54, 1.807) is 11.3 Å². The van der Waals surface area contributed by atoms with Crippen LogP contribution in [0.5, 0.6) is 0 Å². The molecule has 8 heteroatoms. The van der Waals surface area contributed by atoms with Gasteiger partial charge in [0.25, 0.3) is 0 Å². The molecule has 164 valence electrons. The molecular weight excluding hydrogens is 384 g/mol. The van der Waals surface area contributed by atoms with Gasteiger partial charge in [0, 0.05) is 57.6 Å². The van der Waals surface area contributed by atoms with Crippen molar-refractivity contribution in [2.45, 2.75) is 45.6 Å². The highest BCUT2D eigenvalue weighted by Crippen LogP contribution is 2.36. The van der Waals surface area contributed by atoms with E-state index in [1.807, 2.05) is 19.0 Å². The highest BCUT2D eigenvalue weighted by Gasteiger charge is 2.34. The summed E-state index contributed by atoms with van der Waals surface area (Å²) in [5, 5.41) is 10.2. The van der Waals surface area contributed by atoms with E-state index >= 15 is 0 Å². The van der Waals surface area contributed by atoms with Crippen LogP contribution in [0.15, 0.2) is 10.4 Å². The van der Waals surface area contributed by atoms with Gasteiger partial charge in [-0.2, -0.15) is 0 Å². The molecule has 0 unspecified atom stereocenters. The molecule has 7 nitrogen and oxygen atoms in total. The molecule has 0 amide bonds. The zero-order valence-electron chi connectivity index (χ0n) is 18.4. The van der Waals surface area contributed by atoms with E-state index in [4.69, 9.17) is 9.73 Å². The lowest BCUT2D eigenvalue weighted by atomic mass is 9.73. The lowest BCUT2D eigenvalue weighted by molar-refractivity contribution is 0.00820. The van der Waals surface area contributed by atoms with Crippen molar-refractivity contribution in [3.8, 4) is 0 Å². The van der Waals surface area contributed by atoms with Crippen LogP contribution in [-0.2, 0) is 11.3 Å². The van der Waals surface area contributed by atoms with Gasteiger partial charge in [0.05, 0.1) is 25.5 Å². The molecule has 0 aromatic carbocycles. The second kappa shape index (κ2) is 11.1. The molecular formula is C21H38N6OS. The quantitative estimate of drug-likeness (QED) is 0.496. The van der Waals surface area contributed by atoms with E-state index in [2.05, 4.69) is 32.8 Å². The van der Waals surface area contributed by atoms with Crippen LogP contribution < -0.4 is 15.5 Å². The van der Waals surface area contributed by atoms with E-state index in [-0.39, 0.29) is 0 Å². The normalized spacial score (nSPS) is 20.4. The number of nitrogens with zero attached hydrogens (tertiary/aromatic N) is 4. The zero-order chi connectivity index (χ0) is 20.5. The van der Waals surface area contributed by atoms with Crippen molar-refractivity contribution in [3.05, 3.63) is 11.1 Å². The number of ether oxygens (including phenoxy) is 1. The van der Waals surface area contributed by atoms with Crippen molar-refractivity contribution < 1.29 is 4.74 Å². The summed E-state index contributed by atoms with van der Waals surface area (Å²) in [6.45, 7) is 9.61. The Kier molecular flexibility index (Phi) is 8.56. The number of aromatic nitrogens is 1. The topological polar surface area (TPSA) is 65.0 Å². The Morgan fingerprint density at radius 3 is 2.66 bits per heavy atom. The summed E-state index contributed by atoms with van der Waals surface area (Å²) in [5.41, 5.74) is 1.36. The molecule has 29 heavy (non-hydrogen) atoms. The molecule has 1 aromatic heterocycles. The van der Waals surface area contributed by atoms with Gasteiger partial charge in [-0.25, -0.2) is 9.98 Å². The Morgan fingerprint density at radius 2 is 2.00 bits per heavy atom. The predicted molar refractivity (Wildman–Crippen MR) is 122 cm³/mol. The number of nitrogens with one attached hydrogen (secondary N) is 2. The molecule has 2 aliphatic rings. The fourth-order valence-corrected chi connectivity index (χ4v) is 5.02. The molecule has 1 aliphatic carbocycles. The second-order valence-electron chi connectivity index (χ2n) is 8.51. The van der Waals surface area contributed by atoms with Crippen molar-refractivity contribution in [2.75, 3.05) is 64.9 Å². The van der Waals surface area contributed by atoms with Gasteiger partial charge in [-0.1, -0.05) is 19.3 Å². The van der Waals surface area contributed by atoms with E-state index in [0.29, 0.717) is 12.0 Å². The maximum Gasteiger partial charge on any atom is 0.191 e. The minimum Gasteiger partial charge on any atom is -0.379 e. The Bertz CT molecular complexity index is 635. The first-order chi connectivity index (χ1) is 14.1. The average Bonchev–Trinajstić information content (AvgIpc) is 3.21. The largest absolute Gasteiger partial charge is 0.379 e. The number of anilines is 1. The van der Waals surface area contributed by atoms with Gasteiger partial charge in [-0.3, -0.25) is 4.90 Å². The van der Waals surface area contributed by atoms with Gasteiger partial charge < -0.3 is 20.3 Å². The van der Waals surface area contributed by atoms with Gasteiger partial charge in [-0.05, 0) is 19.8 Å². The fourth-order valence-electron chi connectivity index (χ4n) is 4.27. The Labute approximate surface area is 179 Å². The van der Waals surface area contributed by atoms with Crippen LogP contribution in [0.4, 0.5) is 5.13 Å². The molecule has 1 saturated heterocycles. The molecule has 1 aromatic rings. The van der Waals surface area contributed by atoms with Crippen LogP contribution in [0, 0.1) is 5.41 Å². The van der Waals surface area contributed by atoms with Gasteiger partial charge in [0.15, 0.2) is 11.1 Å². The smallest absolute Gasteiger partial charge is 0.191 e. The van der Waals surface area contributed by atoms with Gasteiger partial charge in [-0.15, -0.1) is 11.3 Å². The molecule has 3 rings (SSSR count). The molecule has 2 heterocycles. The lowest BCUT2D eigenvalue weighted by Crippen LogP contribution is -2.51. The number of thiazole rings is 1. The van der Waals surface area contributed by atoms with Gasteiger partial charge in [0.1, 0.15) is 0 Å². The second-order valence-corrected chi connectivity index (χ2v) is 9.35. The van der Waals surface area contributed by atoms with Crippen molar-refractivity contribution in [1.82, 2.24) is 20.5 Å². The molecule has 0 atom stereocenters. The standard InChI is InChI=1S/C21H38N6OS/c1-4-22-19(23-14-18-15-29-20(25-18)26(2)3)24-16-21(8-6-5-7-9-21)17-27-10-12-28-13-11-27/h15H,4-14,16-17H2,1-3H3,(H2,22,23,24). The van der Waals surface area contributed by atoms with E-state index in [0.717, 1.165) is 56.2 Å². The first-order valence-corrected chi connectivity index (χ1v) is 11.9. The molecule has 0 bridgehead atoms. The summed E-state index contributed by atoms with van der Waals surface area (Å²) in [4.78, 5) is 14.1. The Hall–Kier alpha value is -1.38. The van der Waals surface area contributed by atoms with E-state index in [1.165, 1.54) is 38.6 Å². The summed E-state index contributed by atoms with van der Waals surface area (Å²) in [7, 11) is 4.05. The van der Waals surface area contributed by atoms with Crippen LogP contribution >= 0.6 is 11.3 Å². The maximum absolute atomic E-state index is 5.55. The number of hydrogen-bond donors (Lipinski definition) is 2. The molecule has 0 radical (unpaired) electrons. The van der Waals surface area contributed by atoms with Crippen LogP contribution in [0.3, 0.4) is 0 Å². The monoisotopic (exact) mass is 422 g/mol. The summed E-state index contributed by atoms with van der Waals surface area (Å²) >= 11 is 1.67. The first kappa shape index (κ1) is 22.3. The molecule has 1 aliphatic heterocycles. The van der Waals surface area contributed by atoms with Crippen molar-refractivity contribution in [3.63, 3.8) is 0 Å². The fraction of sp³-hybridized carbons (Fsp3) is 0.810. The summed E-state index contributed by atoms with van der Waals surface area (Å²) in [6.07, 6.45) is 6.65. The third-order valence-electron chi connectivity index (χ3n) is 5.87. The highest BCUT2D eigenvalue weighted by molar-refractivity contribution is 7.13. The van der Waals surface area contributed by atoms with Crippen LogP contribution in [0.1, 0.15) is 44.7 Å². The average molecular weight is 423 g/mol. The molecule has 0 spiro atoms. The van der Waals surface area contributed by atoms with E-state index < -0.39 is 0 Å².